The second-order valence-electron chi connectivity index (χ2n) is 4.09. The number of hydrogen-bond acceptors (Lipinski definition) is 5. The van der Waals surface area contributed by atoms with Gasteiger partial charge in [-0.05, 0) is 13.8 Å². The molecule has 1 heterocycles. The van der Waals surface area contributed by atoms with Crippen LogP contribution in [0.5, 0.6) is 0 Å². The normalized spacial score (nSPS) is 27.3. The van der Waals surface area contributed by atoms with Gasteiger partial charge in [0, 0.05) is 13.3 Å². The van der Waals surface area contributed by atoms with Crippen LogP contribution < -0.4 is 0 Å². The molecule has 17 heavy (non-hydrogen) atoms. The number of halogens is 1. The van der Waals surface area contributed by atoms with Crippen LogP contribution >= 0.6 is 22.6 Å². The molecule has 1 aliphatic heterocycles. The van der Waals surface area contributed by atoms with Gasteiger partial charge in [0.05, 0.1) is 19.3 Å². The Hall–Kier alpha value is -0.370. The van der Waals surface area contributed by atoms with Crippen LogP contribution in [-0.2, 0) is 23.8 Å². The maximum Gasteiger partial charge on any atom is 0.324 e. The van der Waals surface area contributed by atoms with E-state index in [1.807, 2.05) is 22.6 Å². The van der Waals surface area contributed by atoms with Gasteiger partial charge in [-0.25, -0.2) is 0 Å². The van der Waals surface area contributed by atoms with E-state index in [1.54, 1.807) is 13.8 Å². The first-order valence-electron chi connectivity index (χ1n) is 5.52. The Labute approximate surface area is 114 Å². The Kier molecular flexibility index (Phi) is 5.18. The molecule has 0 aromatic heterocycles. The number of hydrogen-bond donors (Lipinski definition) is 0. The SMILES string of the molecule is CCOC(=O)[C@@](C)(I)[C@@H]1C[C@@H](OC(C)=O)CO1. The summed E-state index contributed by atoms with van der Waals surface area (Å²) < 4.78 is 14.8. The molecule has 0 N–H and O–H groups in total. The minimum absolute atomic E-state index is 0.263. The topological polar surface area (TPSA) is 61.8 Å². The first-order chi connectivity index (χ1) is 7.87. The summed E-state index contributed by atoms with van der Waals surface area (Å²) in [6.45, 7) is 5.58. The molecule has 1 saturated heterocycles. The van der Waals surface area contributed by atoms with E-state index in [0.717, 1.165) is 0 Å². The molecule has 3 atom stereocenters. The van der Waals surface area contributed by atoms with Crippen LogP contribution in [0, 0.1) is 0 Å². The fourth-order valence-corrected chi connectivity index (χ4v) is 2.29. The summed E-state index contributed by atoms with van der Waals surface area (Å²) in [5.41, 5.74) is 0. The number of carbonyl (C=O) groups excluding carboxylic acids is 2. The molecular weight excluding hydrogens is 339 g/mol. The monoisotopic (exact) mass is 356 g/mol. The van der Waals surface area contributed by atoms with Gasteiger partial charge in [0.2, 0.25) is 0 Å². The molecule has 0 amide bonds. The van der Waals surface area contributed by atoms with Crippen LogP contribution in [-0.4, -0.2) is 40.8 Å². The standard InChI is InChI=1S/C11H17IO5/c1-4-15-10(14)11(3,12)9-5-8(6-16-9)17-7(2)13/h8-9H,4-6H2,1-3H3/t8-,9+,11+/m1/s1. The van der Waals surface area contributed by atoms with E-state index in [4.69, 9.17) is 14.2 Å². The van der Waals surface area contributed by atoms with Crippen LogP contribution in [0.25, 0.3) is 0 Å². The Balaban J connectivity index is 2.57. The highest BCUT2D eigenvalue weighted by molar-refractivity contribution is 14.1. The molecule has 1 fully saturated rings. The van der Waals surface area contributed by atoms with E-state index >= 15 is 0 Å². The molecule has 0 radical (unpaired) electrons. The number of ether oxygens (including phenoxy) is 3. The molecule has 0 bridgehead atoms. The predicted molar refractivity (Wildman–Crippen MR) is 69.0 cm³/mol. The van der Waals surface area contributed by atoms with Crippen LogP contribution in [0.1, 0.15) is 27.2 Å². The summed E-state index contributed by atoms with van der Waals surface area (Å²) in [6.07, 6.45) is -0.0230. The maximum atomic E-state index is 11.8. The Morgan fingerprint density at radius 3 is 2.71 bits per heavy atom. The van der Waals surface area contributed by atoms with Crippen molar-refractivity contribution in [1.82, 2.24) is 0 Å². The molecule has 5 nitrogen and oxygen atoms in total. The average Bonchev–Trinajstić information content (AvgIpc) is 2.66. The molecule has 0 saturated carbocycles. The van der Waals surface area contributed by atoms with Crippen molar-refractivity contribution in [3.63, 3.8) is 0 Å². The Bertz CT molecular complexity index is 302. The summed E-state index contributed by atoms with van der Waals surface area (Å²) >= 11 is 2.03. The quantitative estimate of drug-likeness (QED) is 0.434. The lowest BCUT2D eigenvalue weighted by atomic mass is 10.0. The van der Waals surface area contributed by atoms with Gasteiger partial charge in [-0.2, -0.15) is 0 Å². The van der Waals surface area contributed by atoms with Gasteiger partial charge in [-0.3, -0.25) is 9.59 Å². The van der Waals surface area contributed by atoms with Crippen LogP contribution in [0.2, 0.25) is 0 Å². The summed E-state index contributed by atoms with van der Waals surface area (Å²) in [5, 5.41) is 0. The highest BCUT2D eigenvalue weighted by atomic mass is 127. The zero-order valence-electron chi connectivity index (χ0n) is 10.2. The molecule has 0 spiro atoms. The zero-order chi connectivity index (χ0) is 13.1. The number of alkyl halides is 1. The molecule has 98 valence electrons. The van der Waals surface area contributed by atoms with Crippen molar-refractivity contribution in [2.45, 2.75) is 42.8 Å². The molecular formula is C11H17IO5. The molecule has 0 aromatic rings. The summed E-state index contributed by atoms with van der Waals surface area (Å²) in [6, 6.07) is 0. The van der Waals surface area contributed by atoms with Crippen molar-refractivity contribution in [2.24, 2.45) is 0 Å². The lowest BCUT2D eigenvalue weighted by Crippen LogP contribution is -2.42. The Morgan fingerprint density at radius 1 is 1.53 bits per heavy atom. The van der Waals surface area contributed by atoms with Crippen LogP contribution in [0.15, 0.2) is 0 Å². The molecule has 1 rings (SSSR count). The van der Waals surface area contributed by atoms with E-state index in [1.165, 1.54) is 6.92 Å². The highest BCUT2D eigenvalue weighted by Crippen LogP contribution is 2.34. The largest absolute Gasteiger partial charge is 0.465 e. The fourth-order valence-electron chi connectivity index (χ4n) is 1.70. The van der Waals surface area contributed by atoms with Crippen molar-refractivity contribution < 1.29 is 23.8 Å². The summed E-state index contributed by atoms with van der Waals surface area (Å²) in [7, 11) is 0. The van der Waals surface area contributed by atoms with Crippen molar-refractivity contribution in [3.8, 4) is 0 Å². The first kappa shape index (κ1) is 14.7. The van der Waals surface area contributed by atoms with Gasteiger partial charge in [0.15, 0.2) is 0 Å². The zero-order valence-corrected chi connectivity index (χ0v) is 12.4. The van der Waals surface area contributed by atoms with E-state index in [-0.39, 0.29) is 24.1 Å². The minimum atomic E-state index is -0.747. The van der Waals surface area contributed by atoms with Crippen molar-refractivity contribution in [3.05, 3.63) is 0 Å². The van der Waals surface area contributed by atoms with Gasteiger partial charge in [-0.15, -0.1) is 0 Å². The van der Waals surface area contributed by atoms with Gasteiger partial charge >= 0.3 is 11.9 Å². The molecule has 1 aliphatic rings. The van der Waals surface area contributed by atoms with Crippen LogP contribution in [0.3, 0.4) is 0 Å². The van der Waals surface area contributed by atoms with Gasteiger partial charge in [0.25, 0.3) is 0 Å². The van der Waals surface area contributed by atoms with E-state index in [9.17, 15) is 9.59 Å². The van der Waals surface area contributed by atoms with Gasteiger partial charge in [-0.1, -0.05) is 22.6 Å². The predicted octanol–water partition coefficient (Wildman–Crippen LogP) is 1.46. The second-order valence-corrected chi connectivity index (χ2v) is 6.33. The molecule has 0 aliphatic carbocycles. The molecule has 0 aromatic carbocycles. The van der Waals surface area contributed by atoms with E-state index < -0.39 is 3.42 Å². The maximum absolute atomic E-state index is 11.8. The van der Waals surface area contributed by atoms with E-state index in [2.05, 4.69) is 0 Å². The van der Waals surface area contributed by atoms with Gasteiger partial charge < -0.3 is 14.2 Å². The lowest BCUT2D eigenvalue weighted by Gasteiger charge is -2.26. The first-order valence-corrected chi connectivity index (χ1v) is 6.60. The smallest absolute Gasteiger partial charge is 0.324 e. The van der Waals surface area contributed by atoms with Crippen molar-refractivity contribution >= 4 is 34.5 Å². The van der Waals surface area contributed by atoms with Crippen molar-refractivity contribution in [1.29, 1.82) is 0 Å². The summed E-state index contributed by atoms with van der Waals surface area (Å²) in [5.74, 6) is -0.625. The third-order valence-corrected chi connectivity index (χ3v) is 3.71. The molecule has 6 heteroatoms. The second kappa shape index (κ2) is 5.99. The minimum Gasteiger partial charge on any atom is -0.465 e. The fraction of sp³-hybridized carbons (Fsp3) is 0.818. The van der Waals surface area contributed by atoms with E-state index in [0.29, 0.717) is 19.6 Å². The summed E-state index contributed by atoms with van der Waals surface area (Å²) in [4.78, 5) is 22.6. The number of esters is 2. The lowest BCUT2D eigenvalue weighted by molar-refractivity contribution is -0.148. The number of carbonyl (C=O) groups is 2. The molecule has 0 unspecified atom stereocenters. The Morgan fingerprint density at radius 2 is 2.18 bits per heavy atom. The van der Waals surface area contributed by atoms with Gasteiger partial charge in [0.1, 0.15) is 9.53 Å². The van der Waals surface area contributed by atoms with Crippen molar-refractivity contribution in [2.75, 3.05) is 13.2 Å². The van der Waals surface area contributed by atoms with Crippen LogP contribution in [0.4, 0.5) is 0 Å². The number of rotatable bonds is 4. The third kappa shape index (κ3) is 3.80. The highest BCUT2D eigenvalue weighted by Gasteiger charge is 2.46. The average molecular weight is 356 g/mol. The third-order valence-electron chi connectivity index (χ3n) is 2.57.